The summed E-state index contributed by atoms with van der Waals surface area (Å²) in [7, 11) is 0. The molecule has 3 nitrogen and oxygen atoms in total. The van der Waals surface area contributed by atoms with Gasteiger partial charge in [-0.2, -0.15) is 0 Å². The summed E-state index contributed by atoms with van der Waals surface area (Å²) in [4.78, 5) is 11.7. The Labute approximate surface area is 107 Å². The fourth-order valence-corrected chi connectivity index (χ4v) is 1.48. The van der Waals surface area contributed by atoms with Crippen molar-refractivity contribution in [2.45, 2.75) is 26.7 Å². The number of hydrogen-bond acceptors (Lipinski definition) is 2. The molecule has 1 rings (SSSR count). The molecule has 1 amide bonds. The number of rotatable bonds is 7. The Bertz CT molecular complexity index is 393. The molecule has 4 heteroatoms. The minimum atomic E-state index is -0.487. The zero-order chi connectivity index (χ0) is 13.4. The molecule has 18 heavy (non-hydrogen) atoms. The van der Waals surface area contributed by atoms with E-state index in [0.717, 1.165) is 18.4 Å². The Kier molecular flexibility index (Phi) is 6.36. The number of aryl methyl sites for hydroxylation is 1. The first kappa shape index (κ1) is 14.6. The van der Waals surface area contributed by atoms with Crippen LogP contribution in [0.3, 0.4) is 0 Å². The fourth-order valence-electron chi connectivity index (χ4n) is 1.48. The van der Waals surface area contributed by atoms with E-state index in [2.05, 4.69) is 12.2 Å². The molecule has 1 N–H and O–H groups in total. The van der Waals surface area contributed by atoms with E-state index in [-0.39, 0.29) is 5.56 Å². The van der Waals surface area contributed by atoms with Gasteiger partial charge in [0.1, 0.15) is 5.82 Å². The van der Waals surface area contributed by atoms with Gasteiger partial charge in [0.25, 0.3) is 5.91 Å². The van der Waals surface area contributed by atoms with Crippen molar-refractivity contribution < 1.29 is 13.9 Å². The minimum Gasteiger partial charge on any atom is -0.380 e. The van der Waals surface area contributed by atoms with Crippen LogP contribution in [0.15, 0.2) is 18.2 Å². The molecule has 0 saturated carbocycles. The molecule has 0 atom stereocenters. The fraction of sp³-hybridized carbons (Fsp3) is 0.500. The molecule has 0 radical (unpaired) electrons. The number of carbonyl (C=O) groups is 1. The van der Waals surface area contributed by atoms with Crippen LogP contribution in [0.2, 0.25) is 0 Å². The first-order valence-electron chi connectivity index (χ1n) is 6.27. The molecular formula is C14H20FNO2. The summed E-state index contributed by atoms with van der Waals surface area (Å²) in [5, 5.41) is 2.63. The Morgan fingerprint density at radius 1 is 1.39 bits per heavy atom. The maximum absolute atomic E-state index is 13.5. The number of hydrogen-bond donors (Lipinski definition) is 1. The highest BCUT2D eigenvalue weighted by molar-refractivity contribution is 5.94. The summed E-state index contributed by atoms with van der Waals surface area (Å²) < 4.78 is 18.8. The van der Waals surface area contributed by atoms with Gasteiger partial charge in [-0.05, 0) is 31.0 Å². The lowest BCUT2D eigenvalue weighted by Gasteiger charge is -2.07. The average molecular weight is 253 g/mol. The second kappa shape index (κ2) is 7.82. The molecule has 0 aliphatic carbocycles. The predicted molar refractivity (Wildman–Crippen MR) is 69.2 cm³/mol. The first-order valence-corrected chi connectivity index (χ1v) is 6.27. The molecule has 0 spiro atoms. The van der Waals surface area contributed by atoms with E-state index >= 15 is 0 Å². The highest BCUT2D eigenvalue weighted by atomic mass is 19.1. The number of carbonyl (C=O) groups excluding carboxylic acids is 1. The second-order valence-electron chi connectivity index (χ2n) is 4.21. The number of halogens is 1. The zero-order valence-corrected chi connectivity index (χ0v) is 11.0. The van der Waals surface area contributed by atoms with Gasteiger partial charge in [-0.1, -0.05) is 19.4 Å². The molecule has 0 saturated heterocycles. The number of nitrogens with one attached hydrogen (secondary N) is 1. The summed E-state index contributed by atoms with van der Waals surface area (Å²) in [6, 6.07) is 4.57. The van der Waals surface area contributed by atoms with Gasteiger partial charge in [-0.15, -0.1) is 0 Å². The van der Waals surface area contributed by atoms with Crippen LogP contribution in [0.25, 0.3) is 0 Å². The van der Waals surface area contributed by atoms with E-state index in [9.17, 15) is 9.18 Å². The van der Waals surface area contributed by atoms with Crippen LogP contribution in [-0.4, -0.2) is 25.7 Å². The topological polar surface area (TPSA) is 38.3 Å². The third kappa shape index (κ3) is 4.84. The van der Waals surface area contributed by atoms with Gasteiger partial charge in [0, 0.05) is 13.2 Å². The van der Waals surface area contributed by atoms with Crippen LogP contribution >= 0.6 is 0 Å². The van der Waals surface area contributed by atoms with Crippen LogP contribution < -0.4 is 5.32 Å². The quantitative estimate of drug-likeness (QED) is 0.759. The summed E-state index contributed by atoms with van der Waals surface area (Å²) in [5.41, 5.74) is 0.876. The summed E-state index contributed by atoms with van der Waals surface area (Å²) in [6.45, 7) is 5.43. The third-order valence-electron chi connectivity index (χ3n) is 2.54. The van der Waals surface area contributed by atoms with Crippen molar-refractivity contribution in [2.24, 2.45) is 0 Å². The van der Waals surface area contributed by atoms with Crippen molar-refractivity contribution in [1.82, 2.24) is 5.32 Å². The van der Waals surface area contributed by atoms with Gasteiger partial charge in [-0.3, -0.25) is 4.79 Å². The predicted octanol–water partition coefficient (Wildman–Crippen LogP) is 2.68. The first-order chi connectivity index (χ1) is 8.65. The number of amides is 1. The van der Waals surface area contributed by atoms with Crippen molar-refractivity contribution in [1.29, 1.82) is 0 Å². The van der Waals surface area contributed by atoms with Crippen LogP contribution in [0, 0.1) is 12.7 Å². The molecule has 0 aliphatic heterocycles. The van der Waals surface area contributed by atoms with Crippen molar-refractivity contribution in [3.8, 4) is 0 Å². The normalized spacial score (nSPS) is 10.4. The molecule has 100 valence electrons. The van der Waals surface area contributed by atoms with Crippen LogP contribution in [0.1, 0.15) is 35.7 Å². The van der Waals surface area contributed by atoms with Crippen LogP contribution in [0.5, 0.6) is 0 Å². The zero-order valence-electron chi connectivity index (χ0n) is 11.0. The maximum atomic E-state index is 13.5. The molecule has 0 aromatic heterocycles. The average Bonchev–Trinajstić information content (AvgIpc) is 2.33. The van der Waals surface area contributed by atoms with E-state index in [1.165, 1.54) is 12.1 Å². The van der Waals surface area contributed by atoms with Crippen LogP contribution in [0.4, 0.5) is 4.39 Å². The summed E-state index contributed by atoms with van der Waals surface area (Å²) in [6.07, 6.45) is 2.10. The number of benzene rings is 1. The van der Waals surface area contributed by atoms with Gasteiger partial charge in [-0.25, -0.2) is 4.39 Å². The molecule has 0 unspecified atom stereocenters. The Morgan fingerprint density at radius 2 is 2.17 bits per heavy atom. The standard InChI is InChI=1S/C14H20FNO2/c1-3-4-8-18-9-7-16-14(17)12-6-5-11(2)10-13(12)15/h5-6,10H,3-4,7-9H2,1-2H3,(H,16,17). The molecule has 0 fully saturated rings. The van der Waals surface area contributed by atoms with Gasteiger partial charge in [0.2, 0.25) is 0 Å². The van der Waals surface area contributed by atoms with Crippen LogP contribution in [-0.2, 0) is 4.74 Å². The van der Waals surface area contributed by atoms with Gasteiger partial charge in [0.05, 0.1) is 12.2 Å². The largest absolute Gasteiger partial charge is 0.380 e. The van der Waals surface area contributed by atoms with Crippen molar-refractivity contribution in [2.75, 3.05) is 19.8 Å². The molecular weight excluding hydrogens is 233 g/mol. The molecule has 0 bridgehead atoms. The lowest BCUT2D eigenvalue weighted by atomic mass is 10.1. The second-order valence-corrected chi connectivity index (χ2v) is 4.21. The summed E-state index contributed by atoms with van der Waals surface area (Å²) >= 11 is 0. The molecule has 0 heterocycles. The smallest absolute Gasteiger partial charge is 0.254 e. The Morgan fingerprint density at radius 3 is 2.83 bits per heavy atom. The number of unbranched alkanes of at least 4 members (excludes halogenated alkanes) is 1. The van der Waals surface area contributed by atoms with E-state index in [4.69, 9.17) is 4.74 Å². The number of ether oxygens (including phenoxy) is 1. The minimum absolute atomic E-state index is 0.0779. The van der Waals surface area contributed by atoms with E-state index in [1.807, 2.05) is 0 Å². The molecule has 1 aromatic carbocycles. The lowest BCUT2D eigenvalue weighted by Crippen LogP contribution is -2.28. The van der Waals surface area contributed by atoms with E-state index < -0.39 is 11.7 Å². The Hall–Kier alpha value is -1.42. The van der Waals surface area contributed by atoms with Gasteiger partial charge in [0.15, 0.2) is 0 Å². The van der Waals surface area contributed by atoms with Crippen molar-refractivity contribution >= 4 is 5.91 Å². The Balaban J connectivity index is 2.32. The van der Waals surface area contributed by atoms with Gasteiger partial charge < -0.3 is 10.1 Å². The summed E-state index contributed by atoms with van der Waals surface area (Å²) in [5.74, 6) is -0.883. The SMILES string of the molecule is CCCCOCCNC(=O)c1ccc(C)cc1F. The highest BCUT2D eigenvalue weighted by Gasteiger charge is 2.10. The maximum Gasteiger partial charge on any atom is 0.254 e. The van der Waals surface area contributed by atoms with Crippen molar-refractivity contribution in [3.63, 3.8) is 0 Å². The van der Waals surface area contributed by atoms with E-state index in [1.54, 1.807) is 13.0 Å². The monoisotopic (exact) mass is 253 g/mol. The highest BCUT2D eigenvalue weighted by Crippen LogP contribution is 2.09. The van der Waals surface area contributed by atoms with Crippen molar-refractivity contribution in [3.05, 3.63) is 35.1 Å². The van der Waals surface area contributed by atoms with E-state index in [0.29, 0.717) is 19.8 Å². The molecule has 0 aliphatic rings. The molecule has 1 aromatic rings. The third-order valence-corrected chi connectivity index (χ3v) is 2.54. The lowest BCUT2D eigenvalue weighted by molar-refractivity contribution is 0.0909. The van der Waals surface area contributed by atoms with Gasteiger partial charge >= 0.3 is 0 Å².